The lowest BCUT2D eigenvalue weighted by atomic mass is 9.51. The van der Waals surface area contributed by atoms with E-state index in [0.29, 0.717) is 11.3 Å². The number of sulfone groups is 1. The Morgan fingerprint density at radius 2 is 1.80 bits per heavy atom. The molecule has 1 aromatic carbocycles. The summed E-state index contributed by atoms with van der Waals surface area (Å²) in [6.45, 7) is 8.44. The molecule has 0 amide bonds. The number of hydrogen-bond acceptors (Lipinski definition) is 3. The molecule has 0 bridgehead atoms. The summed E-state index contributed by atoms with van der Waals surface area (Å²) in [5, 5.41) is 10.9. The second-order valence-electron chi connectivity index (χ2n) is 8.40. The Balaban J connectivity index is 2.06. The molecule has 0 unspecified atom stereocenters. The van der Waals surface area contributed by atoms with Gasteiger partial charge in [-0.05, 0) is 48.8 Å². The molecule has 3 nitrogen and oxygen atoms in total. The normalized spacial score (nSPS) is 31.7. The predicted molar refractivity (Wildman–Crippen MR) is 101 cm³/mol. The molecular weight excluding hydrogens is 332 g/mol. The van der Waals surface area contributed by atoms with Crippen LogP contribution < -0.4 is 0 Å². The summed E-state index contributed by atoms with van der Waals surface area (Å²) >= 11 is 0. The topological polar surface area (TPSA) is 54.4 Å². The highest BCUT2D eigenvalue weighted by molar-refractivity contribution is 7.91. The Labute approximate surface area is 151 Å². The van der Waals surface area contributed by atoms with E-state index >= 15 is 0 Å². The van der Waals surface area contributed by atoms with E-state index in [4.69, 9.17) is 0 Å². The van der Waals surface area contributed by atoms with Crippen molar-refractivity contribution >= 4 is 9.84 Å². The first-order valence-corrected chi connectivity index (χ1v) is 10.6. The molecule has 1 aromatic rings. The molecule has 4 heteroatoms. The minimum atomic E-state index is -3.45. The quantitative estimate of drug-likeness (QED) is 0.881. The third-order valence-corrected chi connectivity index (χ3v) is 8.00. The number of benzene rings is 1. The largest absolute Gasteiger partial charge is 0.392 e. The fourth-order valence-corrected chi connectivity index (χ4v) is 6.43. The van der Waals surface area contributed by atoms with Gasteiger partial charge in [-0.2, -0.15) is 0 Å². The van der Waals surface area contributed by atoms with E-state index in [9.17, 15) is 13.5 Å². The molecule has 2 aliphatic rings. The molecule has 0 heterocycles. The molecule has 1 saturated carbocycles. The number of aliphatic hydroxyl groups is 1. The zero-order valence-electron chi connectivity index (χ0n) is 15.5. The zero-order valence-corrected chi connectivity index (χ0v) is 16.3. The average molecular weight is 361 g/mol. The van der Waals surface area contributed by atoms with Gasteiger partial charge in [-0.15, -0.1) is 0 Å². The molecule has 0 aromatic heterocycles. The minimum absolute atomic E-state index is 0.0344. The fourth-order valence-electron chi connectivity index (χ4n) is 4.77. The first kappa shape index (κ1) is 18.4. The van der Waals surface area contributed by atoms with Crippen molar-refractivity contribution in [2.45, 2.75) is 51.5 Å². The van der Waals surface area contributed by atoms with Crippen LogP contribution in [0.4, 0.5) is 0 Å². The zero-order chi connectivity index (χ0) is 18.5. The van der Waals surface area contributed by atoms with Crippen molar-refractivity contribution in [3.05, 3.63) is 53.6 Å². The summed E-state index contributed by atoms with van der Waals surface area (Å²) < 4.78 is 26.0. The van der Waals surface area contributed by atoms with Gasteiger partial charge in [-0.25, -0.2) is 8.42 Å². The van der Waals surface area contributed by atoms with Crippen molar-refractivity contribution in [1.82, 2.24) is 0 Å². The van der Waals surface area contributed by atoms with E-state index < -0.39 is 21.4 Å². The minimum Gasteiger partial charge on any atom is -0.392 e. The maximum Gasteiger partial charge on any atom is 0.182 e. The smallest absolute Gasteiger partial charge is 0.182 e. The second kappa shape index (κ2) is 6.10. The third kappa shape index (κ3) is 3.00. The van der Waals surface area contributed by atoms with Crippen LogP contribution in [0.5, 0.6) is 0 Å². The number of allylic oxidation sites excluding steroid dienone is 3. The van der Waals surface area contributed by atoms with Gasteiger partial charge in [-0.1, -0.05) is 56.7 Å². The molecule has 0 saturated heterocycles. The maximum atomic E-state index is 13.0. The van der Waals surface area contributed by atoms with Crippen molar-refractivity contribution in [3.8, 4) is 0 Å². The standard InChI is InChI=1S/C21H28O3S/c1-15-10-11-18-20(2,3)13-12-19(22)21(18,4)17(15)14-25(23,24)16-8-6-5-7-9-16/h5-11,18-19,22H,12-14H2,1-4H3/t18-,19-,21+/m0/s1. The van der Waals surface area contributed by atoms with Crippen LogP contribution in [0.1, 0.15) is 40.5 Å². The second-order valence-corrected chi connectivity index (χ2v) is 10.4. The number of rotatable bonds is 3. The van der Waals surface area contributed by atoms with Crippen LogP contribution in [0.2, 0.25) is 0 Å². The van der Waals surface area contributed by atoms with Gasteiger partial charge in [0.05, 0.1) is 16.8 Å². The molecule has 2 aliphatic carbocycles. The van der Waals surface area contributed by atoms with Crippen LogP contribution in [0.15, 0.2) is 58.5 Å². The Morgan fingerprint density at radius 1 is 1.16 bits per heavy atom. The number of hydrogen-bond donors (Lipinski definition) is 1. The third-order valence-electron chi connectivity index (χ3n) is 6.34. The van der Waals surface area contributed by atoms with Crippen LogP contribution in [-0.4, -0.2) is 25.4 Å². The summed E-state index contributed by atoms with van der Waals surface area (Å²) in [7, 11) is -3.45. The average Bonchev–Trinajstić information content (AvgIpc) is 2.56. The van der Waals surface area contributed by atoms with Gasteiger partial charge in [-0.3, -0.25) is 0 Å². The van der Waals surface area contributed by atoms with E-state index in [1.54, 1.807) is 24.3 Å². The van der Waals surface area contributed by atoms with Crippen molar-refractivity contribution < 1.29 is 13.5 Å². The van der Waals surface area contributed by atoms with Gasteiger partial charge in [0.15, 0.2) is 9.84 Å². The van der Waals surface area contributed by atoms with E-state index in [2.05, 4.69) is 19.9 Å². The highest BCUT2D eigenvalue weighted by Crippen LogP contribution is 2.57. The Hall–Kier alpha value is -1.39. The van der Waals surface area contributed by atoms with Gasteiger partial charge in [0, 0.05) is 5.41 Å². The van der Waals surface area contributed by atoms with Crippen LogP contribution in [0.25, 0.3) is 0 Å². The van der Waals surface area contributed by atoms with E-state index in [1.807, 2.05) is 26.0 Å². The van der Waals surface area contributed by atoms with Gasteiger partial charge in [0.25, 0.3) is 0 Å². The van der Waals surface area contributed by atoms with Crippen molar-refractivity contribution in [1.29, 1.82) is 0 Å². The Kier molecular flexibility index (Phi) is 4.49. The van der Waals surface area contributed by atoms with Crippen LogP contribution in [0.3, 0.4) is 0 Å². The predicted octanol–water partition coefficient (Wildman–Crippen LogP) is 4.15. The number of aliphatic hydroxyl groups excluding tert-OH is 1. The van der Waals surface area contributed by atoms with Crippen molar-refractivity contribution in [3.63, 3.8) is 0 Å². The molecule has 3 atom stereocenters. The summed E-state index contributed by atoms with van der Waals surface area (Å²) in [5.74, 6) is 0.0984. The molecule has 3 rings (SSSR count). The molecule has 0 aliphatic heterocycles. The summed E-state index contributed by atoms with van der Waals surface area (Å²) in [6.07, 6.45) is 5.34. The first-order chi connectivity index (χ1) is 11.6. The molecule has 1 N–H and O–H groups in total. The lowest BCUT2D eigenvalue weighted by Crippen LogP contribution is -2.52. The molecule has 136 valence electrons. The lowest BCUT2D eigenvalue weighted by Gasteiger charge is -2.55. The summed E-state index contributed by atoms with van der Waals surface area (Å²) in [4.78, 5) is 0.342. The van der Waals surface area contributed by atoms with Gasteiger partial charge >= 0.3 is 0 Å². The van der Waals surface area contributed by atoms with Gasteiger partial charge < -0.3 is 5.11 Å². The van der Waals surface area contributed by atoms with Crippen LogP contribution >= 0.6 is 0 Å². The molecule has 0 spiro atoms. The summed E-state index contributed by atoms with van der Waals surface area (Å²) in [6, 6.07) is 8.60. The van der Waals surface area contributed by atoms with Crippen LogP contribution in [-0.2, 0) is 9.84 Å². The van der Waals surface area contributed by atoms with Crippen molar-refractivity contribution in [2.24, 2.45) is 16.7 Å². The Bertz CT molecular complexity index is 818. The lowest BCUT2D eigenvalue weighted by molar-refractivity contribution is -0.0583. The van der Waals surface area contributed by atoms with Gasteiger partial charge in [0.1, 0.15) is 0 Å². The molecule has 1 fully saturated rings. The van der Waals surface area contributed by atoms with Crippen molar-refractivity contribution in [2.75, 3.05) is 5.75 Å². The number of fused-ring (bicyclic) bond motifs is 1. The van der Waals surface area contributed by atoms with E-state index in [0.717, 1.165) is 17.6 Å². The SMILES string of the molecule is CC1=C(CS(=O)(=O)c2ccccc2)[C@@]2(C)[C@@H](O)CCC(C)(C)[C@@H]2C=C1. The van der Waals surface area contributed by atoms with E-state index in [1.165, 1.54) is 0 Å². The fraction of sp³-hybridized carbons (Fsp3) is 0.524. The van der Waals surface area contributed by atoms with Crippen LogP contribution in [0, 0.1) is 16.7 Å². The molecule has 0 radical (unpaired) electrons. The molecular formula is C21H28O3S. The summed E-state index contributed by atoms with van der Waals surface area (Å²) in [5.41, 5.74) is 1.33. The van der Waals surface area contributed by atoms with Gasteiger partial charge in [0.2, 0.25) is 0 Å². The van der Waals surface area contributed by atoms with E-state index in [-0.39, 0.29) is 17.1 Å². The highest BCUT2D eigenvalue weighted by Gasteiger charge is 2.54. The first-order valence-electron chi connectivity index (χ1n) is 8.93. The monoisotopic (exact) mass is 360 g/mol. The Morgan fingerprint density at radius 3 is 2.44 bits per heavy atom. The maximum absolute atomic E-state index is 13.0. The molecule has 25 heavy (non-hydrogen) atoms. The highest BCUT2D eigenvalue weighted by atomic mass is 32.2.